The molecule has 2 fully saturated rings. The van der Waals surface area contributed by atoms with E-state index >= 15 is 0 Å². The van der Waals surface area contributed by atoms with Gasteiger partial charge in [-0.05, 0) is 61.7 Å². The first-order valence-electron chi connectivity index (χ1n) is 11.7. The second-order valence-electron chi connectivity index (χ2n) is 8.79. The van der Waals surface area contributed by atoms with Crippen LogP contribution in [-0.2, 0) is 14.3 Å². The van der Waals surface area contributed by atoms with E-state index in [-0.39, 0.29) is 30.3 Å². The monoisotopic (exact) mass is 482 g/mol. The van der Waals surface area contributed by atoms with Crippen molar-refractivity contribution >= 4 is 46.4 Å². The number of carbonyl (C=O) groups excluding carboxylic acids is 3. The van der Waals surface area contributed by atoms with E-state index in [0.29, 0.717) is 48.3 Å². The summed E-state index contributed by atoms with van der Waals surface area (Å²) in [5.74, 6) is -0.505. The fourth-order valence-corrected chi connectivity index (χ4v) is 5.01. The zero-order valence-electron chi connectivity index (χ0n) is 18.8. The Hall–Kier alpha value is -3.10. The molecule has 0 saturated carbocycles. The Morgan fingerprint density at radius 1 is 1.00 bits per heavy atom. The number of morpholine rings is 1. The average molecular weight is 483 g/mol. The van der Waals surface area contributed by atoms with Gasteiger partial charge in [-0.25, -0.2) is 0 Å². The highest BCUT2D eigenvalue weighted by atomic mass is 35.5. The maximum absolute atomic E-state index is 13.5. The zero-order chi connectivity index (χ0) is 23.7. The van der Waals surface area contributed by atoms with E-state index in [1.807, 2.05) is 12.1 Å². The van der Waals surface area contributed by atoms with Crippen LogP contribution in [0.5, 0.6) is 0 Å². The van der Waals surface area contributed by atoms with Crippen LogP contribution in [0.1, 0.15) is 29.6 Å². The minimum absolute atomic E-state index is 0.0927. The molecule has 1 unspecified atom stereocenters. The number of rotatable bonds is 4. The van der Waals surface area contributed by atoms with Gasteiger partial charge in [0, 0.05) is 35.9 Å². The molecule has 2 aromatic carbocycles. The van der Waals surface area contributed by atoms with Crippen LogP contribution in [0, 0.1) is 0 Å². The summed E-state index contributed by atoms with van der Waals surface area (Å²) in [6.45, 7) is 2.76. The Balaban J connectivity index is 1.44. The first-order chi connectivity index (χ1) is 16.5. The van der Waals surface area contributed by atoms with Crippen LogP contribution in [0.15, 0.2) is 42.5 Å². The number of fused-ring (bicyclic) bond motifs is 3. The van der Waals surface area contributed by atoms with E-state index < -0.39 is 0 Å². The number of anilines is 3. The SMILES string of the molecule is O=C(CN1C(=O)C2CCCCN2c2ccc(C(=O)N3CCOCC3)cc21)Nc1ccc(Cl)cc1. The summed E-state index contributed by atoms with van der Waals surface area (Å²) in [5.41, 5.74) is 2.61. The van der Waals surface area contributed by atoms with Gasteiger partial charge >= 0.3 is 0 Å². The van der Waals surface area contributed by atoms with Gasteiger partial charge in [0.15, 0.2) is 0 Å². The van der Waals surface area contributed by atoms with E-state index in [9.17, 15) is 14.4 Å². The highest BCUT2D eigenvalue weighted by Crippen LogP contribution is 2.40. The van der Waals surface area contributed by atoms with Crippen molar-refractivity contribution < 1.29 is 19.1 Å². The number of amides is 3. The first kappa shape index (κ1) is 22.7. The topological polar surface area (TPSA) is 82.2 Å². The lowest BCUT2D eigenvalue weighted by Gasteiger charge is -2.45. The fraction of sp³-hybridized carbons (Fsp3) is 0.400. The molecule has 2 aromatic rings. The van der Waals surface area contributed by atoms with Gasteiger partial charge in [-0.15, -0.1) is 0 Å². The summed E-state index contributed by atoms with van der Waals surface area (Å²) < 4.78 is 5.36. The molecule has 0 bridgehead atoms. The maximum Gasteiger partial charge on any atom is 0.254 e. The number of ether oxygens (including phenoxy) is 1. The minimum atomic E-state index is -0.309. The molecular weight excluding hydrogens is 456 g/mol. The summed E-state index contributed by atoms with van der Waals surface area (Å²) in [4.78, 5) is 44.9. The van der Waals surface area contributed by atoms with Gasteiger partial charge in [-0.3, -0.25) is 19.3 Å². The van der Waals surface area contributed by atoms with E-state index in [2.05, 4.69) is 10.2 Å². The Kier molecular flexibility index (Phi) is 6.43. The molecule has 0 spiro atoms. The molecule has 0 radical (unpaired) electrons. The van der Waals surface area contributed by atoms with Crippen molar-refractivity contribution in [3.05, 3.63) is 53.1 Å². The Morgan fingerprint density at radius 2 is 1.76 bits per heavy atom. The smallest absolute Gasteiger partial charge is 0.254 e. The van der Waals surface area contributed by atoms with E-state index in [0.717, 1.165) is 31.5 Å². The molecule has 5 rings (SSSR count). The number of benzene rings is 2. The lowest BCUT2D eigenvalue weighted by Crippen LogP contribution is -2.56. The van der Waals surface area contributed by atoms with Gasteiger partial charge in [-0.1, -0.05) is 11.6 Å². The number of halogens is 1. The van der Waals surface area contributed by atoms with E-state index in [1.54, 1.807) is 35.2 Å². The molecule has 0 aliphatic carbocycles. The molecule has 3 amide bonds. The van der Waals surface area contributed by atoms with Gasteiger partial charge in [0.1, 0.15) is 12.6 Å². The normalized spacial score (nSPS) is 20.0. The average Bonchev–Trinajstić information content (AvgIpc) is 2.87. The number of piperidine rings is 1. The molecule has 1 atom stereocenters. The van der Waals surface area contributed by atoms with Crippen molar-refractivity contribution in [2.45, 2.75) is 25.3 Å². The minimum Gasteiger partial charge on any atom is -0.378 e. The first-order valence-corrected chi connectivity index (χ1v) is 12.0. The third kappa shape index (κ3) is 4.48. The molecule has 0 aromatic heterocycles. The highest BCUT2D eigenvalue weighted by molar-refractivity contribution is 6.30. The van der Waals surface area contributed by atoms with Crippen LogP contribution in [0.2, 0.25) is 5.02 Å². The summed E-state index contributed by atoms with van der Waals surface area (Å²) in [5, 5.41) is 3.41. The molecule has 178 valence electrons. The molecule has 3 aliphatic rings. The molecular formula is C25H27ClN4O4. The number of carbonyl (C=O) groups is 3. The van der Waals surface area contributed by atoms with Crippen molar-refractivity contribution in [3.8, 4) is 0 Å². The molecule has 2 saturated heterocycles. The van der Waals surface area contributed by atoms with Gasteiger partial charge in [0.05, 0.1) is 24.6 Å². The molecule has 8 nitrogen and oxygen atoms in total. The third-order valence-corrected chi connectivity index (χ3v) is 6.86. The number of nitrogens with one attached hydrogen (secondary N) is 1. The Labute approximate surface area is 203 Å². The van der Waals surface area contributed by atoms with Crippen LogP contribution in [0.4, 0.5) is 17.1 Å². The van der Waals surface area contributed by atoms with Crippen molar-refractivity contribution in [1.82, 2.24) is 4.90 Å². The van der Waals surface area contributed by atoms with Crippen LogP contribution in [-0.4, -0.2) is 68.1 Å². The van der Waals surface area contributed by atoms with Gasteiger partial charge < -0.3 is 19.9 Å². The second kappa shape index (κ2) is 9.64. The lowest BCUT2D eigenvalue weighted by molar-refractivity contribution is -0.123. The van der Waals surface area contributed by atoms with Crippen molar-refractivity contribution in [3.63, 3.8) is 0 Å². The summed E-state index contributed by atoms with van der Waals surface area (Å²) in [6.07, 6.45) is 2.73. The lowest BCUT2D eigenvalue weighted by atomic mass is 9.95. The van der Waals surface area contributed by atoms with Crippen molar-refractivity contribution in [2.24, 2.45) is 0 Å². The van der Waals surface area contributed by atoms with Crippen LogP contribution < -0.4 is 15.1 Å². The predicted octanol–water partition coefficient (Wildman–Crippen LogP) is 3.16. The van der Waals surface area contributed by atoms with Gasteiger partial charge in [0.2, 0.25) is 11.8 Å². The fourth-order valence-electron chi connectivity index (χ4n) is 4.88. The van der Waals surface area contributed by atoms with Crippen LogP contribution in [0.25, 0.3) is 0 Å². The molecule has 34 heavy (non-hydrogen) atoms. The van der Waals surface area contributed by atoms with Crippen LogP contribution >= 0.6 is 11.6 Å². The molecule has 3 aliphatic heterocycles. The largest absolute Gasteiger partial charge is 0.378 e. The Morgan fingerprint density at radius 3 is 2.53 bits per heavy atom. The molecule has 9 heteroatoms. The van der Waals surface area contributed by atoms with Gasteiger partial charge in [0.25, 0.3) is 5.91 Å². The summed E-state index contributed by atoms with van der Waals surface area (Å²) in [7, 11) is 0. The number of hydrogen-bond acceptors (Lipinski definition) is 5. The Bertz CT molecular complexity index is 1100. The summed E-state index contributed by atoms with van der Waals surface area (Å²) >= 11 is 5.93. The van der Waals surface area contributed by atoms with Gasteiger partial charge in [-0.2, -0.15) is 0 Å². The number of hydrogen-bond donors (Lipinski definition) is 1. The molecule has 3 heterocycles. The van der Waals surface area contributed by atoms with E-state index in [4.69, 9.17) is 16.3 Å². The van der Waals surface area contributed by atoms with Crippen LogP contribution in [0.3, 0.4) is 0 Å². The zero-order valence-corrected chi connectivity index (χ0v) is 19.6. The quantitative estimate of drug-likeness (QED) is 0.724. The highest BCUT2D eigenvalue weighted by Gasteiger charge is 2.40. The number of nitrogens with zero attached hydrogens (tertiary/aromatic N) is 3. The third-order valence-electron chi connectivity index (χ3n) is 6.60. The molecule has 1 N–H and O–H groups in total. The standard InChI is InChI=1S/C25H27ClN4O4/c26-18-5-7-19(8-6-18)27-23(31)16-30-22-15-17(24(32)28-11-13-34-14-12-28)4-9-20(22)29-10-2-1-3-21(29)25(30)33/h4-9,15,21H,1-3,10-14,16H2,(H,27,31). The predicted molar refractivity (Wildman–Crippen MR) is 131 cm³/mol. The second-order valence-corrected chi connectivity index (χ2v) is 9.23. The maximum atomic E-state index is 13.5. The van der Waals surface area contributed by atoms with Crippen molar-refractivity contribution in [2.75, 3.05) is 54.5 Å². The van der Waals surface area contributed by atoms with Crippen molar-refractivity contribution in [1.29, 1.82) is 0 Å². The summed E-state index contributed by atoms with van der Waals surface area (Å²) in [6, 6.07) is 12.0. The van der Waals surface area contributed by atoms with E-state index in [1.165, 1.54) is 4.90 Å².